The van der Waals surface area contributed by atoms with Crippen molar-refractivity contribution in [3.05, 3.63) is 65.2 Å². The number of alkyl halides is 3. The van der Waals surface area contributed by atoms with Gasteiger partial charge in [-0.15, -0.1) is 0 Å². The van der Waals surface area contributed by atoms with Gasteiger partial charge in [-0.2, -0.15) is 13.2 Å². The number of amides is 1. The molecule has 14 heteroatoms. The lowest BCUT2D eigenvalue weighted by Crippen LogP contribution is -2.50. The van der Waals surface area contributed by atoms with Gasteiger partial charge in [0, 0.05) is 75.9 Å². The van der Waals surface area contributed by atoms with Crippen molar-refractivity contribution in [2.24, 2.45) is 0 Å². The molecule has 0 radical (unpaired) electrons. The predicted octanol–water partition coefficient (Wildman–Crippen LogP) is 4.38. The summed E-state index contributed by atoms with van der Waals surface area (Å²) in [5, 5.41) is 5.44. The maximum Gasteiger partial charge on any atom is 0.417 e. The molecule has 2 aromatic carbocycles. The largest absolute Gasteiger partial charge is 0.417 e. The molecular formula is C28H29F6N7O. The molecule has 3 aromatic rings. The van der Waals surface area contributed by atoms with Gasteiger partial charge in [-0.1, -0.05) is 0 Å². The second-order valence-electron chi connectivity index (χ2n) is 10.4. The molecule has 2 N–H and O–H groups in total. The van der Waals surface area contributed by atoms with Crippen LogP contribution in [0.1, 0.15) is 22.8 Å². The fourth-order valence-corrected chi connectivity index (χ4v) is 5.12. The highest BCUT2D eigenvalue weighted by atomic mass is 19.4. The first-order valence-corrected chi connectivity index (χ1v) is 13.4. The van der Waals surface area contributed by atoms with Gasteiger partial charge >= 0.3 is 6.18 Å². The van der Waals surface area contributed by atoms with Crippen LogP contribution in [0, 0.1) is 17.5 Å². The summed E-state index contributed by atoms with van der Waals surface area (Å²) in [5.41, 5.74) is -3.52. The van der Waals surface area contributed by atoms with E-state index in [2.05, 4.69) is 20.6 Å². The third kappa shape index (κ3) is 6.00. The molecule has 0 spiro atoms. The van der Waals surface area contributed by atoms with Crippen LogP contribution < -0.4 is 20.4 Å². The number of anilines is 3. The van der Waals surface area contributed by atoms with Crippen molar-refractivity contribution in [1.82, 2.24) is 20.2 Å². The van der Waals surface area contributed by atoms with E-state index in [0.717, 1.165) is 19.2 Å². The molecule has 3 heterocycles. The Labute approximate surface area is 238 Å². The van der Waals surface area contributed by atoms with Crippen LogP contribution in [-0.2, 0) is 6.18 Å². The monoisotopic (exact) mass is 593 g/mol. The molecule has 1 atom stereocenters. The molecule has 224 valence electrons. The fraction of sp³-hybridized carbons (Fsp3) is 0.393. The number of aromatic nitrogens is 2. The van der Waals surface area contributed by atoms with E-state index in [1.807, 2.05) is 23.8 Å². The van der Waals surface area contributed by atoms with E-state index in [9.17, 15) is 22.4 Å². The zero-order chi connectivity index (χ0) is 30.2. The second kappa shape index (κ2) is 11.8. The number of piperazine rings is 2. The van der Waals surface area contributed by atoms with Crippen molar-refractivity contribution in [2.45, 2.75) is 19.1 Å². The molecule has 8 nitrogen and oxygen atoms in total. The van der Waals surface area contributed by atoms with E-state index in [4.69, 9.17) is 0 Å². The first-order valence-electron chi connectivity index (χ1n) is 13.4. The van der Waals surface area contributed by atoms with E-state index < -0.39 is 51.9 Å². The molecule has 2 aliphatic heterocycles. The molecule has 5 rings (SSSR count). The van der Waals surface area contributed by atoms with Crippen LogP contribution in [0.3, 0.4) is 0 Å². The van der Waals surface area contributed by atoms with Crippen LogP contribution in [0.25, 0.3) is 11.1 Å². The number of halogens is 6. The number of nitrogens with one attached hydrogen (secondary N) is 2. The van der Waals surface area contributed by atoms with Gasteiger partial charge in [0.2, 0.25) is 5.95 Å². The lowest BCUT2D eigenvalue weighted by Gasteiger charge is -2.39. The number of carbonyl (C=O) groups is 1. The minimum atomic E-state index is -5.06. The van der Waals surface area contributed by atoms with Crippen LogP contribution in [0.2, 0.25) is 0 Å². The highest BCUT2D eigenvalue weighted by molar-refractivity contribution is 6.07. The number of likely N-dealkylation sites (N-methyl/N-ethyl adjacent to an activating group) is 1. The number of nitrogens with zero attached hydrogens (tertiary/aromatic N) is 5. The standard InChI is InChI=1S/C28H29F6N7O/c1-16-15-41(10-9-39(16)2)22-12-21(30)23(17-13-36-27(37-14-17)40-7-5-35-6-8-40)24(31)25(22)38-26(42)19-4-3-18(29)11-20(19)28(32,33)34/h3-4,11-14,16,35H,5-10,15H2,1-2H3,(H,38,42). The van der Waals surface area contributed by atoms with Crippen LogP contribution in [0.4, 0.5) is 43.7 Å². The SMILES string of the molecule is CC1CN(c2cc(F)c(-c3cnc(N4CCNCC4)nc3)c(F)c2NC(=O)c2ccc(F)cc2C(F)(F)F)CCN1C. The Morgan fingerprint density at radius 2 is 1.69 bits per heavy atom. The summed E-state index contributed by atoms with van der Waals surface area (Å²) in [6.45, 7) is 5.90. The smallest absolute Gasteiger partial charge is 0.367 e. The lowest BCUT2D eigenvalue weighted by atomic mass is 10.0. The van der Waals surface area contributed by atoms with Crippen molar-refractivity contribution < 1.29 is 31.1 Å². The molecule has 2 saturated heterocycles. The van der Waals surface area contributed by atoms with Gasteiger partial charge in [0.1, 0.15) is 17.3 Å². The number of hydrogen-bond acceptors (Lipinski definition) is 7. The quantitative estimate of drug-likeness (QED) is 0.426. The predicted molar refractivity (Wildman–Crippen MR) is 146 cm³/mol. The van der Waals surface area contributed by atoms with Crippen LogP contribution >= 0.6 is 0 Å². The summed E-state index contributed by atoms with van der Waals surface area (Å²) in [7, 11) is 1.90. The normalized spacial score (nSPS) is 18.3. The summed E-state index contributed by atoms with van der Waals surface area (Å²) < 4.78 is 86.6. The Morgan fingerprint density at radius 1 is 1.00 bits per heavy atom. The Kier molecular flexibility index (Phi) is 8.28. The Hall–Kier alpha value is -3.91. The van der Waals surface area contributed by atoms with Crippen molar-refractivity contribution in [3.63, 3.8) is 0 Å². The molecule has 2 aliphatic rings. The molecular weight excluding hydrogens is 564 g/mol. The number of carbonyl (C=O) groups excluding carboxylic acids is 1. The molecule has 1 unspecified atom stereocenters. The first kappa shape index (κ1) is 29.6. The molecule has 42 heavy (non-hydrogen) atoms. The van der Waals surface area contributed by atoms with Crippen LogP contribution in [-0.4, -0.2) is 79.7 Å². The van der Waals surface area contributed by atoms with Gasteiger partial charge in [-0.3, -0.25) is 4.79 Å². The first-order chi connectivity index (χ1) is 19.9. The molecule has 0 aliphatic carbocycles. The summed E-state index contributed by atoms with van der Waals surface area (Å²) in [6.07, 6.45) is -2.53. The number of hydrogen-bond donors (Lipinski definition) is 2. The summed E-state index contributed by atoms with van der Waals surface area (Å²) in [5.74, 6) is -4.28. The average Bonchev–Trinajstić information content (AvgIpc) is 2.96. The Balaban J connectivity index is 1.57. The minimum absolute atomic E-state index is 0.0181. The van der Waals surface area contributed by atoms with Gasteiger partial charge in [-0.05, 0) is 32.2 Å². The summed E-state index contributed by atoms with van der Waals surface area (Å²) >= 11 is 0. The van der Waals surface area contributed by atoms with E-state index in [-0.39, 0.29) is 23.4 Å². The maximum atomic E-state index is 16.3. The van der Waals surface area contributed by atoms with Gasteiger partial charge < -0.3 is 25.3 Å². The zero-order valence-electron chi connectivity index (χ0n) is 22.9. The fourth-order valence-electron chi connectivity index (χ4n) is 5.12. The molecule has 0 saturated carbocycles. The van der Waals surface area contributed by atoms with Gasteiger partial charge in [0.05, 0.1) is 22.4 Å². The van der Waals surface area contributed by atoms with E-state index in [0.29, 0.717) is 50.8 Å². The van der Waals surface area contributed by atoms with Gasteiger partial charge in [0.15, 0.2) is 5.82 Å². The highest BCUT2D eigenvalue weighted by Crippen LogP contribution is 2.40. The topological polar surface area (TPSA) is 76.6 Å². The van der Waals surface area contributed by atoms with E-state index in [1.165, 1.54) is 12.4 Å². The highest BCUT2D eigenvalue weighted by Gasteiger charge is 2.36. The van der Waals surface area contributed by atoms with Crippen molar-refractivity contribution in [1.29, 1.82) is 0 Å². The Bertz CT molecular complexity index is 1460. The van der Waals surface area contributed by atoms with Crippen molar-refractivity contribution in [2.75, 3.05) is 68.0 Å². The molecule has 2 fully saturated rings. The van der Waals surface area contributed by atoms with Gasteiger partial charge in [0.25, 0.3) is 5.91 Å². The van der Waals surface area contributed by atoms with Crippen LogP contribution in [0.15, 0.2) is 36.7 Å². The minimum Gasteiger partial charge on any atom is -0.367 e. The third-order valence-electron chi connectivity index (χ3n) is 7.59. The van der Waals surface area contributed by atoms with Crippen LogP contribution in [0.5, 0.6) is 0 Å². The molecule has 0 bridgehead atoms. The Morgan fingerprint density at radius 3 is 2.33 bits per heavy atom. The molecule has 1 aromatic heterocycles. The summed E-state index contributed by atoms with van der Waals surface area (Å²) in [4.78, 5) is 27.3. The van der Waals surface area contributed by atoms with Crippen molar-refractivity contribution >= 4 is 23.2 Å². The van der Waals surface area contributed by atoms with E-state index >= 15 is 8.78 Å². The summed E-state index contributed by atoms with van der Waals surface area (Å²) in [6, 6.07) is 2.60. The number of benzene rings is 2. The average molecular weight is 594 g/mol. The van der Waals surface area contributed by atoms with E-state index in [1.54, 1.807) is 4.90 Å². The number of rotatable bonds is 5. The molecule has 1 amide bonds. The maximum absolute atomic E-state index is 16.3. The third-order valence-corrected chi connectivity index (χ3v) is 7.59. The lowest BCUT2D eigenvalue weighted by molar-refractivity contribution is -0.138. The van der Waals surface area contributed by atoms with Gasteiger partial charge in [-0.25, -0.2) is 23.1 Å². The van der Waals surface area contributed by atoms with Crippen molar-refractivity contribution in [3.8, 4) is 11.1 Å². The zero-order valence-corrected chi connectivity index (χ0v) is 22.9. The second-order valence-corrected chi connectivity index (χ2v) is 10.4.